The molecule has 1 aromatic carbocycles. The number of hydrogen-bond donors (Lipinski definition) is 1. The lowest BCUT2D eigenvalue weighted by molar-refractivity contribution is 0.265. The lowest BCUT2D eigenvalue weighted by Crippen LogP contribution is -2.17. The average molecular weight is 346 g/mol. The number of phenols is 1. The van der Waals surface area contributed by atoms with E-state index in [1.165, 1.54) is 0 Å². The first-order chi connectivity index (χ1) is 12.7. The number of fused-ring (bicyclic) bond motifs is 1. The molecule has 0 aliphatic carbocycles. The number of rotatable bonds is 5. The zero-order valence-electron chi connectivity index (χ0n) is 14.3. The van der Waals surface area contributed by atoms with E-state index in [-0.39, 0.29) is 5.75 Å². The summed E-state index contributed by atoms with van der Waals surface area (Å²) in [4.78, 5) is 10.7. The van der Waals surface area contributed by atoms with Crippen LogP contribution in [0, 0.1) is 0 Å². The molecule has 0 aliphatic heterocycles. The van der Waals surface area contributed by atoms with E-state index in [0.29, 0.717) is 18.6 Å². The van der Waals surface area contributed by atoms with Gasteiger partial charge in [0.2, 0.25) is 0 Å². The summed E-state index contributed by atoms with van der Waals surface area (Å²) in [5.74, 6) is 0.971. The average Bonchev–Trinajstić information content (AvgIpc) is 3.11. The molecular weight excluding hydrogens is 328 g/mol. The predicted octanol–water partition coefficient (Wildman–Crippen LogP) is 3.62. The van der Waals surface area contributed by atoms with Gasteiger partial charge in [0.25, 0.3) is 0 Å². The summed E-state index contributed by atoms with van der Waals surface area (Å²) in [7, 11) is 1.99. The van der Waals surface area contributed by atoms with Crippen molar-refractivity contribution in [1.29, 1.82) is 0 Å². The Balaban J connectivity index is 1.47. The molecule has 0 atom stereocenters. The second-order valence-electron chi connectivity index (χ2n) is 6.24. The molecule has 0 amide bonds. The lowest BCUT2D eigenvalue weighted by atomic mass is 10.2. The number of phenolic OH excluding ortho intramolecular Hbond substituents is 1. The fraction of sp³-hybridized carbons (Fsp3) is 0.150. The smallest absolute Gasteiger partial charge is 0.151 e. The minimum Gasteiger partial charge on any atom is -0.506 e. The Morgan fingerprint density at radius 2 is 2.00 bits per heavy atom. The van der Waals surface area contributed by atoms with E-state index in [1.807, 2.05) is 49.5 Å². The van der Waals surface area contributed by atoms with E-state index in [4.69, 9.17) is 4.52 Å². The van der Waals surface area contributed by atoms with Gasteiger partial charge in [-0.25, -0.2) is 4.98 Å². The molecule has 0 aliphatic rings. The van der Waals surface area contributed by atoms with Crippen molar-refractivity contribution >= 4 is 10.9 Å². The third kappa shape index (κ3) is 3.41. The van der Waals surface area contributed by atoms with Crippen LogP contribution in [0.5, 0.6) is 5.75 Å². The van der Waals surface area contributed by atoms with Crippen LogP contribution >= 0.6 is 0 Å². The van der Waals surface area contributed by atoms with Gasteiger partial charge < -0.3 is 9.63 Å². The first-order valence-electron chi connectivity index (χ1n) is 8.31. The highest BCUT2D eigenvalue weighted by atomic mass is 16.5. The summed E-state index contributed by atoms with van der Waals surface area (Å²) >= 11 is 0. The molecule has 3 heterocycles. The standard InChI is InChI=1S/C20H18N4O2/c1-24(12-16-8-7-14-4-2-6-19(25)20(14)22-16)13-17-10-18(23-26-17)15-5-3-9-21-11-15/h2-11,25H,12-13H2,1H3. The van der Waals surface area contributed by atoms with E-state index < -0.39 is 0 Å². The molecule has 6 nitrogen and oxygen atoms in total. The molecule has 130 valence electrons. The van der Waals surface area contributed by atoms with Crippen molar-refractivity contribution in [2.75, 3.05) is 7.05 Å². The number of benzene rings is 1. The molecule has 0 saturated heterocycles. The van der Waals surface area contributed by atoms with Crippen LogP contribution in [0.4, 0.5) is 0 Å². The van der Waals surface area contributed by atoms with Crippen LogP contribution in [0.2, 0.25) is 0 Å². The van der Waals surface area contributed by atoms with Gasteiger partial charge in [-0.3, -0.25) is 9.88 Å². The van der Waals surface area contributed by atoms with E-state index >= 15 is 0 Å². The first-order valence-corrected chi connectivity index (χ1v) is 8.31. The normalized spacial score (nSPS) is 11.3. The van der Waals surface area contributed by atoms with Gasteiger partial charge in [-0.05, 0) is 31.3 Å². The van der Waals surface area contributed by atoms with Gasteiger partial charge in [0.1, 0.15) is 17.0 Å². The van der Waals surface area contributed by atoms with Gasteiger partial charge in [0, 0.05) is 36.0 Å². The Hall–Kier alpha value is -3.25. The quantitative estimate of drug-likeness (QED) is 0.595. The molecule has 0 radical (unpaired) electrons. The van der Waals surface area contributed by atoms with Crippen molar-refractivity contribution in [3.8, 4) is 17.0 Å². The van der Waals surface area contributed by atoms with Gasteiger partial charge in [-0.1, -0.05) is 23.4 Å². The van der Waals surface area contributed by atoms with E-state index in [9.17, 15) is 5.11 Å². The number of aromatic hydroxyl groups is 1. The molecule has 0 saturated carbocycles. The molecule has 0 bridgehead atoms. The third-order valence-electron chi connectivity index (χ3n) is 4.13. The van der Waals surface area contributed by atoms with Gasteiger partial charge in [-0.2, -0.15) is 0 Å². The number of pyridine rings is 2. The summed E-state index contributed by atoms with van der Waals surface area (Å²) in [6, 6.07) is 15.1. The summed E-state index contributed by atoms with van der Waals surface area (Å²) < 4.78 is 5.44. The Morgan fingerprint density at radius 1 is 1.08 bits per heavy atom. The molecule has 1 N–H and O–H groups in total. The maximum Gasteiger partial charge on any atom is 0.151 e. The summed E-state index contributed by atoms with van der Waals surface area (Å²) in [5.41, 5.74) is 3.21. The van der Waals surface area contributed by atoms with Crippen LogP contribution in [0.25, 0.3) is 22.2 Å². The highest BCUT2D eigenvalue weighted by Crippen LogP contribution is 2.23. The van der Waals surface area contributed by atoms with Crippen molar-refractivity contribution in [3.63, 3.8) is 0 Å². The minimum atomic E-state index is 0.198. The van der Waals surface area contributed by atoms with Gasteiger partial charge in [-0.15, -0.1) is 0 Å². The predicted molar refractivity (Wildman–Crippen MR) is 98.3 cm³/mol. The van der Waals surface area contributed by atoms with Crippen molar-refractivity contribution in [1.82, 2.24) is 20.0 Å². The van der Waals surface area contributed by atoms with E-state index in [2.05, 4.69) is 20.0 Å². The minimum absolute atomic E-state index is 0.198. The van der Waals surface area contributed by atoms with Crippen LogP contribution < -0.4 is 0 Å². The monoisotopic (exact) mass is 346 g/mol. The molecule has 4 aromatic rings. The number of nitrogens with zero attached hydrogens (tertiary/aromatic N) is 4. The fourth-order valence-electron chi connectivity index (χ4n) is 2.90. The zero-order chi connectivity index (χ0) is 17.9. The lowest BCUT2D eigenvalue weighted by Gasteiger charge is -2.14. The third-order valence-corrected chi connectivity index (χ3v) is 4.13. The largest absolute Gasteiger partial charge is 0.506 e. The molecule has 3 aromatic heterocycles. The summed E-state index contributed by atoms with van der Waals surface area (Å²) in [6.07, 6.45) is 3.49. The Kier molecular flexibility index (Phi) is 4.33. The van der Waals surface area contributed by atoms with Gasteiger partial charge in [0.05, 0.1) is 12.2 Å². The van der Waals surface area contributed by atoms with Crippen molar-refractivity contribution in [2.45, 2.75) is 13.1 Å². The number of para-hydroxylation sites is 1. The number of aromatic nitrogens is 3. The van der Waals surface area contributed by atoms with Crippen molar-refractivity contribution < 1.29 is 9.63 Å². The highest BCUT2D eigenvalue weighted by Gasteiger charge is 2.11. The maximum atomic E-state index is 9.97. The second-order valence-corrected chi connectivity index (χ2v) is 6.24. The topological polar surface area (TPSA) is 75.3 Å². The zero-order valence-corrected chi connectivity index (χ0v) is 14.3. The molecule has 0 fully saturated rings. The Morgan fingerprint density at radius 3 is 2.85 bits per heavy atom. The molecule has 4 rings (SSSR count). The van der Waals surface area contributed by atoms with Crippen LogP contribution in [0.3, 0.4) is 0 Å². The van der Waals surface area contributed by atoms with Crippen LogP contribution in [-0.2, 0) is 13.1 Å². The van der Waals surface area contributed by atoms with Gasteiger partial charge in [0.15, 0.2) is 5.76 Å². The highest BCUT2D eigenvalue weighted by molar-refractivity contribution is 5.84. The first kappa shape index (κ1) is 16.2. The van der Waals surface area contributed by atoms with Crippen LogP contribution in [0.1, 0.15) is 11.5 Å². The summed E-state index contributed by atoms with van der Waals surface area (Å²) in [5, 5.41) is 15.0. The SMILES string of the molecule is CN(Cc1ccc2cccc(O)c2n1)Cc1cc(-c2cccnc2)no1. The Bertz CT molecular complexity index is 1030. The van der Waals surface area contributed by atoms with Crippen LogP contribution in [0.15, 0.2) is 65.4 Å². The Labute approximate surface area is 150 Å². The molecule has 0 unspecified atom stereocenters. The summed E-state index contributed by atoms with van der Waals surface area (Å²) in [6.45, 7) is 1.24. The van der Waals surface area contributed by atoms with Crippen molar-refractivity contribution in [3.05, 3.63) is 72.4 Å². The number of hydrogen-bond acceptors (Lipinski definition) is 6. The van der Waals surface area contributed by atoms with E-state index in [1.54, 1.807) is 18.5 Å². The van der Waals surface area contributed by atoms with Crippen LogP contribution in [-0.4, -0.2) is 32.2 Å². The molecule has 6 heteroatoms. The van der Waals surface area contributed by atoms with E-state index in [0.717, 1.165) is 28.1 Å². The van der Waals surface area contributed by atoms with Crippen molar-refractivity contribution in [2.24, 2.45) is 0 Å². The maximum absolute atomic E-state index is 9.97. The molecular formula is C20H18N4O2. The molecule has 26 heavy (non-hydrogen) atoms. The van der Waals surface area contributed by atoms with Gasteiger partial charge >= 0.3 is 0 Å². The fourth-order valence-corrected chi connectivity index (χ4v) is 2.90. The molecule has 0 spiro atoms. The second kappa shape index (κ2) is 6.93.